The third-order valence-corrected chi connectivity index (χ3v) is 3.25. The van der Waals surface area contributed by atoms with Gasteiger partial charge >= 0.3 is 0 Å². The Morgan fingerprint density at radius 1 is 1.30 bits per heavy atom. The van der Waals surface area contributed by atoms with Crippen LogP contribution in [0.3, 0.4) is 0 Å². The zero-order valence-electron chi connectivity index (χ0n) is 12.1. The topological polar surface area (TPSA) is 66.0 Å². The van der Waals surface area contributed by atoms with E-state index in [9.17, 15) is 0 Å². The summed E-state index contributed by atoms with van der Waals surface area (Å²) in [5, 5.41) is 4.19. The summed E-state index contributed by atoms with van der Waals surface area (Å²) in [6, 6.07) is 7.90. The molecule has 1 heterocycles. The molecule has 2 N–H and O–H groups in total. The highest BCUT2D eigenvalue weighted by Crippen LogP contribution is 2.25. The lowest BCUT2D eigenvalue weighted by Crippen LogP contribution is -2.12. The Morgan fingerprint density at radius 3 is 2.85 bits per heavy atom. The van der Waals surface area contributed by atoms with Crippen molar-refractivity contribution < 1.29 is 4.74 Å². The Balaban J connectivity index is 2.09. The van der Waals surface area contributed by atoms with Crippen molar-refractivity contribution >= 4 is 0 Å². The largest absolute Gasteiger partial charge is 0.485 e. The Bertz CT molecular complexity index is 538. The number of aromatic nitrogens is 3. The van der Waals surface area contributed by atoms with Crippen LogP contribution >= 0.6 is 0 Å². The first-order valence-corrected chi connectivity index (χ1v) is 7.10. The molecule has 0 spiro atoms. The van der Waals surface area contributed by atoms with Crippen LogP contribution < -0.4 is 10.5 Å². The Hall–Kier alpha value is -1.88. The van der Waals surface area contributed by atoms with Gasteiger partial charge in [-0.25, -0.2) is 9.67 Å². The summed E-state index contributed by atoms with van der Waals surface area (Å²) < 4.78 is 7.77. The van der Waals surface area contributed by atoms with Gasteiger partial charge < -0.3 is 10.5 Å². The van der Waals surface area contributed by atoms with Crippen molar-refractivity contribution in [3.8, 4) is 5.75 Å². The second kappa shape index (κ2) is 7.05. The fourth-order valence-electron chi connectivity index (χ4n) is 2.08. The standard InChI is InChI=1S/C15H22N4O/c1-3-9-19-15(17-11-18-19)10-20-14-8-6-5-7-12(14)13(16)4-2/h5-8,11,13H,3-4,9-10,16H2,1-2H3. The minimum atomic E-state index is -0.000267. The normalized spacial score (nSPS) is 12.3. The smallest absolute Gasteiger partial charge is 0.164 e. The summed E-state index contributed by atoms with van der Waals surface area (Å²) in [7, 11) is 0. The van der Waals surface area contributed by atoms with E-state index in [0.717, 1.165) is 36.5 Å². The lowest BCUT2D eigenvalue weighted by atomic mass is 10.0. The van der Waals surface area contributed by atoms with Gasteiger partial charge in [0.1, 0.15) is 18.7 Å². The number of hydrogen-bond acceptors (Lipinski definition) is 4. The molecule has 108 valence electrons. The molecule has 0 saturated carbocycles. The molecule has 0 amide bonds. The van der Waals surface area contributed by atoms with Gasteiger partial charge in [-0.1, -0.05) is 32.0 Å². The molecule has 5 nitrogen and oxygen atoms in total. The van der Waals surface area contributed by atoms with Gasteiger partial charge in [-0.05, 0) is 18.9 Å². The quantitative estimate of drug-likeness (QED) is 0.843. The van der Waals surface area contributed by atoms with Crippen molar-refractivity contribution in [1.29, 1.82) is 0 Å². The monoisotopic (exact) mass is 274 g/mol. The van der Waals surface area contributed by atoms with Crippen LogP contribution in [0.5, 0.6) is 5.75 Å². The van der Waals surface area contributed by atoms with Crippen molar-refractivity contribution in [2.24, 2.45) is 5.73 Å². The molecule has 1 unspecified atom stereocenters. The third-order valence-electron chi connectivity index (χ3n) is 3.25. The fraction of sp³-hybridized carbons (Fsp3) is 0.467. The van der Waals surface area contributed by atoms with E-state index in [-0.39, 0.29) is 6.04 Å². The van der Waals surface area contributed by atoms with Gasteiger partial charge in [0.15, 0.2) is 5.82 Å². The molecule has 1 aromatic carbocycles. The maximum absolute atomic E-state index is 6.11. The summed E-state index contributed by atoms with van der Waals surface area (Å²) in [4.78, 5) is 4.24. The van der Waals surface area contributed by atoms with Crippen LogP contribution in [0.25, 0.3) is 0 Å². The first-order chi connectivity index (χ1) is 9.76. The van der Waals surface area contributed by atoms with Gasteiger partial charge in [-0.2, -0.15) is 5.10 Å². The van der Waals surface area contributed by atoms with Crippen molar-refractivity contribution in [3.63, 3.8) is 0 Å². The van der Waals surface area contributed by atoms with E-state index in [4.69, 9.17) is 10.5 Å². The van der Waals surface area contributed by atoms with Crippen LogP contribution in [0, 0.1) is 0 Å². The molecule has 1 aromatic heterocycles. The number of rotatable bonds is 7. The SMILES string of the molecule is CCCn1ncnc1COc1ccccc1C(N)CC. The number of benzene rings is 1. The predicted octanol–water partition coefficient (Wildman–Crippen LogP) is 2.68. The average Bonchev–Trinajstić information content (AvgIpc) is 2.92. The Morgan fingerprint density at radius 2 is 2.10 bits per heavy atom. The van der Waals surface area contributed by atoms with Gasteiger partial charge in [0, 0.05) is 18.2 Å². The molecule has 0 fully saturated rings. The van der Waals surface area contributed by atoms with E-state index in [1.807, 2.05) is 28.9 Å². The number of hydrogen-bond donors (Lipinski definition) is 1. The van der Waals surface area contributed by atoms with E-state index in [1.165, 1.54) is 0 Å². The molecule has 2 aromatic rings. The highest BCUT2D eigenvalue weighted by Gasteiger charge is 2.11. The average molecular weight is 274 g/mol. The first-order valence-electron chi connectivity index (χ1n) is 7.10. The van der Waals surface area contributed by atoms with Crippen molar-refractivity contribution in [2.75, 3.05) is 0 Å². The molecule has 0 aliphatic carbocycles. The van der Waals surface area contributed by atoms with Crippen LogP contribution in [0.15, 0.2) is 30.6 Å². The number of nitrogens with zero attached hydrogens (tertiary/aromatic N) is 3. The van der Waals surface area contributed by atoms with E-state index in [2.05, 4.69) is 23.9 Å². The molecule has 0 saturated heterocycles. The lowest BCUT2D eigenvalue weighted by molar-refractivity contribution is 0.281. The molecular formula is C15H22N4O. The Kier molecular flexibility index (Phi) is 5.12. The maximum Gasteiger partial charge on any atom is 0.164 e. The molecule has 5 heteroatoms. The molecule has 20 heavy (non-hydrogen) atoms. The predicted molar refractivity (Wildman–Crippen MR) is 78.3 cm³/mol. The molecular weight excluding hydrogens is 252 g/mol. The van der Waals surface area contributed by atoms with Gasteiger partial charge in [-0.15, -0.1) is 0 Å². The number of nitrogens with two attached hydrogens (primary N) is 1. The molecule has 0 radical (unpaired) electrons. The van der Waals surface area contributed by atoms with Crippen molar-refractivity contribution in [2.45, 2.75) is 45.9 Å². The zero-order chi connectivity index (χ0) is 14.4. The summed E-state index contributed by atoms with van der Waals surface area (Å²) >= 11 is 0. The second-order valence-corrected chi connectivity index (χ2v) is 4.74. The summed E-state index contributed by atoms with van der Waals surface area (Å²) in [5.74, 6) is 1.67. The van der Waals surface area contributed by atoms with E-state index in [1.54, 1.807) is 6.33 Å². The lowest BCUT2D eigenvalue weighted by Gasteiger charge is -2.15. The molecule has 0 aliphatic heterocycles. The Labute approximate surface area is 119 Å². The van der Waals surface area contributed by atoms with Gasteiger partial charge in [-0.3, -0.25) is 0 Å². The number of para-hydroxylation sites is 1. The molecule has 0 bridgehead atoms. The van der Waals surface area contributed by atoms with Crippen LogP contribution in [0.1, 0.15) is 44.1 Å². The maximum atomic E-state index is 6.11. The fourth-order valence-corrected chi connectivity index (χ4v) is 2.08. The highest BCUT2D eigenvalue weighted by molar-refractivity contribution is 5.35. The number of aryl methyl sites for hydroxylation is 1. The van der Waals surface area contributed by atoms with Crippen molar-refractivity contribution in [1.82, 2.24) is 14.8 Å². The summed E-state index contributed by atoms with van der Waals surface area (Å²) in [6.07, 6.45) is 3.47. The second-order valence-electron chi connectivity index (χ2n) is 4.74. The summed E-state index contributed by atoms with van der Waals surface area (Å²) in [6.45, 7) is 5.45. The van der Waals surface area contributed by atoms with E-state index >= 15 is 0 Å². The van der Waals surface area contributed by atoms with E-state index < -0.39 is 0 Å². The van der Waals surface area contributed by atoms with Crippen LogP contribution in [-0.4, -0.2) is 14.8 Å². The summed E-state index contributed by atoms with van der Waals surface area (Å²) in [5.41, 5.74) is 7.15. The molecule has 0 aliphatic rings. The van der Waals surface area contributed by atoms with Crippen LogP contribution in [0.2, 0.25) is 0 Å². The van der Waals surface area contributed by atoms with Gasteiger partial charge in [0.05, 0.1) is 0 Å². The van der Waals surface area contributed by atoms with Crippen molar-refractivity contribution in [3.05, 3.63) is 42.0 Å². The third kappa shape index (κ3) is 3.36. The highest BCUT2D eigenvalue weighted by atomic mass is 16.5. The molecule has 1 atom stereocenters. The number of ether oxygens (including phenoxy) is 1. The zero-order valence-corrected chi connectivity index (χ0v) is 12.1. The van der Waals surface area contributed by atoms with Gasteiger partial charge in [0.25, 0.3) is 0 Å². The molecule has 2 rings (SSSR count). The van der Waals surface area contributed by atoms with Gasteiger partial charge in [0.2, 0.25) is 0 Å². The first kappa shape index (κ1) is 14.5. The van der Waals surface area contributed by atoms with Crippen LogP contribution in [0.4, 0.5) is 0 Å². The minimum Gasteiger partial charge on any atom is -0.485 e. The minimum absolute atomic E-state index is 0.000267. The van der Waals surface area contributed by atoms with E-state index in [0.29, 0.717) is 6.61 Å². The van der Waals surface area contributed by atoms with Crippen LogP contribution in [-0.2, 0) is 13.2 Å².